The standard InChI is InChI=1S/C21H17Br/c1-16-12-14-18(15-13-16)20(17-8-4-2-5-9-17)21(22)19-10-6-3-7-11-19/h2-15H,1H3/b21-20-. The molecule has 0 amide bonds. The molecule has 0 spiro atoms. The number of benzene rings is 3. The topological polar surface area (TPSA) is 0 Å². The van der Waals surface area contributed by atoms with Crippen LogP contribution in [-0.2, 0) is 0 Å². The van der Waals surface area contributed by atoms with E-state index in [1.54, 1.807) is 0 Å². The van der Waals surface area contributed by atoms with Crippen molar-refractivity contribution in [3.8, 4) is 0 Å². The van der Waals surface area contributed by atoms with E-state index in [1.165, 1.54) is 27.8 Å². The minimum absolute atomic E-state index is 1.11. The summed E-state index contributed by atoms with van der Waals surface area (Å²) in [6, 6.07) is 29.6. The van der Waals surface area contributed by atoms with Gasteiger partial charge >= 0.3 is 0 Å². The van der Waals surface area contributed by atoms with Crippen molar-refractivity contribution in [3.05, 3.63) is 107 Å². The van der Waals surface area contributed by atoms with Gasteiger partial charge in [0.25, 0.3) is 0 Å². The highest BCUT2D eigenvalue weighted by Gasteiger charge is 2.11. The molecule has 0 fully saturated rings. The Morgan fingerprint density at radius 1 is 0.591 bits per heavy atom. The molecule has 0 aliphatic rings. The molecule has 22 heavy (non-hydrogen) atoms. The van der Waals surface area contributed by atoms with Crippen LogP contribution in [-0.4, -0.2) is 0 Å². The molecule has 0 radical (unpaired) electrons. The zero-order chi connectivity index (χ0) is 15.4. The highest BCUT2D eigenvalue weighted by molar-refractivity contribution is 9.15. The van der Waals surface area contributed by atoms with Crippen LogP contribution in [0.5, 0.6) is 0 Å². The smallest absolute Gasteiger partial charge is 0.0332 e. The van der Waals surface area contributed by atoms with E-state index in [9.17, 15) is 0 Å². The van der Waals surface area contributed by atoms with Gasteiger partial charge in [-0.05, 0) is 39.5 Å². The highest BCUT2D eigenvalue weighted by atomic mass is 79.9. The third-order valence-electron chi connectivity index (χ3n) is 3.65. The van der Waals surface area contributed by atoms with Gasteiger partial charge in [0.05, 0.1) is 0 Å². The van der Waals surface area contributed by atoms with Gasteiger partial charge in [0, 0.05) is 10.1 Å². The summed E-state index contributed by atoms with van der Waals surface area (Å²) >= 11 is 3.82. The van der Waals surface area contributed by atoms with Gasteiger partial charge in [-0.1, -0.05) is 90.5 Å². The second kappa shape index (κ2) is 6.76. The number of rotatable bonds is 3. The fraction of sp³-hybridized carbons (Fsp3) is 0.0476. The summed E-state index contributed by atoms with van der Waals surface area (Å²) in [5.74, 6) is 0. The van der Waals surface area contributed by atoms with E-state index >= 15 is 0 Å². The molecule has 0 saturated carbocycles. The summed E-state index contributed by atoms with van der Waals surface area (Å²) in [7, 11) is 0. The van der Waals surface area contributed by atoms with Crippen LogP contribution in [0.4, 0.5) is 0 Å². The first-order valence-corrected chi connectivity index (χ1v) is 8.12. The van der Waals surface area contributed by atoms with Crippen molar-refractivity contribution >= 4 is 26.0 Å². The molecule has 0 bridgehead atoms. The van der Waals surface area contributed by atoms with Gasteiger partial charge in [-0.25, -0.2) is 0 Å². The number of halogens is 1. The van der Waals surface area contributed by atoms with Crippen LogP contribution in [0.25, 0.3) is 10.1 Å². The quantitative estimate of drug-likeness (QED) is 0.486. The van der Waals surface area contributed by atoms with E-state index in [0.29, 0.717) is 0 Å². The summed E-state index contributed by atoms with van der Waals surface area (Å²) < 4.78 is 1.11. The minimum Gasteiger partial charge on any atom is -0.0622 e. The average Bonchev–Trinajstić information content (AvgIpc) is 2.58. The summed E-state index contributed by atoms with van der Waals surface area (Å²) in [6.45, 7) is 2.11. The van der Waals surface area contributed by atoms with Crippen LogP contribution in [0.1, 0.15) is 22.3 Å². The van der Waals surface area contributed by atoms with Gasteiger partial charge in [0.2, 0.25) is 0 Å². The zero-order valence-corrected chi connectivity index (χ0v) is 14.0. The van der Waals surface area contributed by atoms with Crippen molar-refractivity contribution in [1.82, 2.24) is 0 Å². The Bertz CT molecular complexity index is 769. The van der Waals surface area contributed by atoms with Crippen LogP contribution in [0, 0.1) is 6.92 Å². The van der Waals surface area contributed by atoms with Gasteiger partial charge in [-0.3, -0.25) is 0 Å². The van der Waals surface area contributed by atoms with E-state index < -0.39 is 0 Å². The molecule has 0 saturated heterocycles. The van der Waals surface area contributed by atoms with E-state index in [0.717, 1.165) is 4.48 Å². The predicted molar refractivity (Wildman–Crippen MR) is 98.9 cm³/mol. The first-order valence-electron chi connectivity index (χ1n) is 7.33. The summed E-state index contributed by atoms with van der Waals surface area (Å²) in [4.78, 5) is 0. The molecule has 3 aromatic rings. The Balaban J connectivity index is 2.21. The minimum atomic E-state index is 1.11. The number of hydrogen-bond donors (Lipinski definition) is 0. The van der Waals surface area contributed by atoms with Gasteiger partial charge in [0.15, 0.2) is 0 Å². The molecule has 0 aliphatic carbocycles. The molecular formula is C21H17Br. The molecule has 0 heterocycles. The maximum absolute atomic E-state index is 3.82. The van der Waals surface area contributed by atoms with E-state index in [4.69, 9.17) is 0 Å². The second-order valence-electron chi connectivity index (χ2n) is 5.29. The molecule has 3 aromatic carbocycles. The molecular weight excluding hydrogens is 332 g/mol. The number of hydrogen-bond acceptors (Lipinski definition) is 0. The Labute approximate surface area is 140 Å². The van der Waals surface area contributed by atoms with Crippen LogP contribution in [0.15, 0.2) is 84.9 Å². The maximum Gasteiger partial charge on any atom is 0.0332 e. The Morgan fingerprint density at radius 2 is 1.05 bits per heavy atom. The van der Waals surface area contributed by atoms with E-state index in [-0.39, 0.29) is 0 Å². The van der Waals surface area contributed by atoms with Gasteiger partial charge < -0.3 is 0 Å². The fourth-order valence-electron chi connectivity index (χ4n) is 2.47. The monoisotopic (exact) mass is 348 g/mol. The molecule has 108 valence electrons. The zero-order valence-electron chi connectivity index (χ0n) is 12.5. The molecule has 0 aliphatic heterocycles. The second-order valence-corrected chi connectivity index (χ2v) is 6.08. The molecule has 0 aromatic heterocycles. The Hall–Kier alpha value is -2.12. The predicted octanol–water partition coefficient (Wildman–Crippen LogP) is 6.31. The summed E-state index contributed by atoms with van der Waals surface area (Å²) in [5, 5.41) is 0. The molecule has 3 rings (SSSR count). The Morgan fingerprint density at radius 3 is 1.59 bits per heavy atom. The number of aryl methyl sites for hydroxylation is 1. The van der Waals surface area contributed by atoms with E-state index in [1.807, 2.05) is 12.1 Å². The van der Waals surface area contributed by atoms with Crippen molar-refractivity contribution < 1.29 is 0 Å². The maximum atomic E-state index is 3.82. The summed E-state index contributed by atoms with van der Waals surface area (Å²) in [5.41, 5.74) is 6.09. The van der Waals surface area contributed by atoms with Crippen molar-refractivity contribution in [2.24, 2.45) is 0 Å². The van der Waals surface area contributed by atoms with Crippen molar-refractivity contribution in [2.75, 3.05) is 0 Å². The van der Waals surface area contributed by atoms with Crippen molar-refractivity contribution in [1.29, 1.82) is 0 Å². The lowest BCUT2D eigenvalue weighted by atomic mass is 9.95. The first kappa shape index (κ1) is 14.8. The SMILES string of the molecule is Cc1ccc(/C(=C(\Br)c2ccccc2)c2ccccc2)cc1. The molecule has 0 nitrogen and oxygen atoms in total. The largest absolute Gasteiger partial charge is 0.0622 e. The third kappa shape index (κ3) is 3.20. The van der Waals surface area contributed by atoms with Crippen LogP contribution < -0.4 is 0 Å². The first-order chi connectivity index (χ1) is 10.8. The van der Waals surface area contributed by atoms with Gasteiger partial charge in [0.1, 0.15) is 0 Å². The molecule has 1 heteroatoms. The molecule has 0 unspecified atom stereocenters. The van der Waals surface area contributed by atoms with E-state index in [2.05, 4.69) is 95.7 Å². The third-order valence-corrected chi connectivity index (χ3v) is 4.50. The fourth-order valence-corrected chi connectivity index (χ4v) is 3.20. The van der Waals surface area contributed by atoms with Gasteiger partial charge in [-0.15, -0.1) is 0 Å². The molecule has 0 atom stereocenters. The van der Waals surface area contributed by atoms with Crippen molar-refractivity contribution in [3.63, 3.8) is 0 Å². The van der Waals surface area contributed by atoms with Crippen LogP contribution in [0.2, 0.25) is 0 Å². The Kier molecular flexibility index (Phi) is 4.55. The van der Waals surface area contributed by atoms with Crippen LogP contribution >= 0.6 is 15.9 Å². The van der Waals surface area contributed by atoms with Crippen LogP contribution in [0.3, 0.4) is 0 Å². The highest BCUT2D eigenvalue weighted by Crippen LogP contribution is 2.35. The normalized spacial score (nSPS) is 11.9. The average molecular weight is 349 g/mol. The summed E-state index contributed by atoms with van der Waals surface area (Å²) in [6.07, 6.45) is 0. The van der Waals surface area contributed by atoms with Crippen molar-refractivity contribution in [2.45, 2.75) is 6.92 Å². The molecule has 0 N–H and O–H groups in total. The lowest BCUT2D eigenvalue weighted by Gasteiger charge is -2.13. The van der Waals surface area contributed by atoms with Gasteiger partial charge in [-0.2, -0.15) is 0 Å². The lowest BCUT2D eigenvalue weighted by molar-refractivity contribution is 1.45. The lowest BCUT2D eigenvalue weighted by Crippen LogP contribution is -1.91.